The number of hydrogen-bond donors (Lipinski definition) is 1. The van der Waals surface area contributed by atoms with E-state index in [1.807, 2.05) is 0 Å². The molecule has 0 aromatic carbocycles. The standard InChI is InChI=1S/C36H64O4/c1-2-3-4-5-6-7-8-9-10-11-12-15-18-21-24-27-30-33-36(39)40-34-31-28-25-22-19-16-13-14-17-20-23-26-29-32-35(37)38/h9-10,12,15,21,24H,2-8,11,13-14,16-20,22-23,25-34H2,1H3,(H,37,38)/b10-9-,15-12-,24-21-. The molecule has 0 amide bonds. The molecule has 0 radical (unpaired) electrons. The van der Waals surface area contributed by atoms with Crippen LogP contribution in [0, 0.1) is 0 Å². The summed E-state index contributed by atoms with van der Waals surface area (Å²) in [7, 11) is 0. The number of carbonyl (C=O) groups is 2. The van der Waals surface area contributed by atoms with Crippen LogP contribution < -0.4 is 0 Å². The number of hydrogen-bond acceptors (Lipinski definition) is 3. The molecule has 0 unspecified atom stereocenters. The summed E-state index contributed by atoms with van der Waals surface area (Å²) < 4.78 is 5.38. The summed E-state index contributed by atoms with van der Waals surface area (Å²) in [5.41, 5.74) is 0. The zero-order valence-electron chi connectivity index (χ0n) is 26.2. The van der Waals surface area contributed by atoms with Gasteiger partial charge >= 0.3 is 11.9 Å². The highest BCUT2D eigenvalue weighted by Gasteiger charge is 2.01. The quantitative estimate of drug-likeness (QED) is 0.0520. The van der Waals surface area contributed by atoms with Crippen molar-refractivity contribution in [2.75, 3.05) is 6.61 Å². The van der Waals surface area contributed by atoms with Gasteiger partial charge in [-0.05, 0) is 51.4 Å². The number of allylic oxidation sites excluding steroid dienone is 6. The third-order valence-corrected chi connectivity index (χ3v) is 7.32. The van der Waals surface area contributed by atoms with Crippen LogP contribution in [-0.4, -0.2) is 23.7 Å². The molecule has 4 nitrogen and oxygen atoms in total. The van der Waals surface area contributed by atoms with Gasteiger partial charge in [0.15, 0.2) is 0 Å². The van der Waals surface area contributed by atoms with Crippen LogP contribution in [0.4, 0.5) is 0 Å². The van der Waals surface area contributed by atoms with Gasteiger partial charge in [-0.2, -0.15) is 0 Å². The molecule has 232 valence electrons. The first kappa shape index (κ1) is 38.2. The van der Waals surface area contributed by atoms with Crippen molar-refractivity contribution in [3.05, 3.63) is 36.5 Å². The highest BCUT2D eigenvalue weighted by molar-refractivity contribution is 5.69. The molecule has 0 bridgehead atoms. The Kier molecular flexibility index (Phi) is 31.8. The lowest BCUT2D eigenvalue weighted by molar-refractivity contribution is -0.144. The van der Waals surface area contributed by atoms with Crippen molar-refractivity contribution >= 4 is 11.9 Å². The van der Waals surface area contributed by atoms with E-state index in [1.54, 1.807) is 0 Å². The SMILES string of the molecule is CCCCCCCC/C=C\C/C=C\C/C=C\CCCC(=O)OCCCCCCCCCCCCCCCC(=O)O. The maximum atomic E-state index is 11.9. The average Bonchev–Trinajstić information content (AvgIpc) is 2.94. The molecule has 0 aliphatic carbocycles. The lowest BCUT2D eigenvalue weighted by atomic mass is 10.0. The van der Waals surface area contributed by atoms with Crippen molar-refractivity contribution in [3.8, 4) is 0 Å². The summed E-state index contributed by atoms with van der Waals surface area (Å²) in [4.78, 5) is 22.3. The minimum Gasteiger partial charge on any atom is -0.481 e. The van der Waals surface area contributed by atoms with Gasteiger partial charge in [0, 0.05) is 12.8 Å². The van der Waals surface area contributed by atoms with E-state index in [4.69, 9.17) is 9.84 Å². The monoisotopic (exact) mass is 560 g/mol. The van der Waals surface area contributed by atoms with Crippen LogP contribution in [-0.2, 0) is 14.3 Å². The summed E-state index contributed by atoms with van der Waals surface area (Å²) in [6.07, 6.45) is 42.9. The van der Waals surface area contributed by atoms with E-state index in [0.29, 0.717) is 19.4 Å². The Morgan fingerprint density at radius 1 is 0.500 bits per heavy atom. The molecule has 0 spiro atoms. The number of esters is 1. The topological polar surface area (TPSA) is 63.6 Å². The third kappa shape index (κ3) is 34.2. The molecular weight excluding hydrogens is 496 g/mol. The number of carboxylic acids is 1. The van der Waals surface area contributed by atoms with Crippen molar-refractivity contribution in [1.82, 2.24) is 0 Å². The predicted octanol–water partition coefficient (Wildman–Crippen LogP) is 11.4. The van der Waals surface area contributed by atoms with E-state index in [-0.39, 0.29) is 5.97 Å². The molecule has 0 aliphatic heterocycles. The van der Waals surface area contributed by atoms with Gasteiger partial charge < -0.3 is 9.84 Å². The second-order valence-electron chi connectivity index (χ2n) is 11.3. The van der Waals surface area contributed by atoms with Crippen molar-refractivity contribution < 1.29 is 19.4 Å². The second kappa shape index (κ2) is 33.4. The summed E-state index contributed by atoms with van der Waals surface area (Å²) in [5.74, 6) is -0.727. The van der Waals surface area contributed by atoms with E-state index >= 15 is 0 Å². The van der Waals surface area contributed by atoms with Crippen LogP contribution in [0.1, 0.15) is 174 Å². The Labute approximate surface area is 248 Å². The van der Waals surface area contributed by atoms with Crippen LogP contribution in [0.5, 0.6) is 0 Å². The highest BCUT2D eigenvalue weighted by atomic mass is 16.5. The maximum absolute atomic E-state index is 11.9. The average molecular weight is 561 g/mol. The molecule has 0 aromatic heterocycles. The van der Waals surface area contributed by atoms with Gasteiger partial charge in [-0.15, -0.1) is 0 Å². The number of carboxylic acid groups (broad SMARTS) is 1. The van der Waals surface area contributed by atoms with E-state index in [9.17, 15) is 9.59 Å². The minimum absolute atomic E-state index is 0.0528. The number of unbranched alkanes of at least 4 members (excludes halogenated alkanes) is 19. The fourth-order valence-corrected chi connectivity index (χ4v) is 4.77. The molecule has 0 rings (SSSR count). The number of carbonyl (C=O) groups excluding carboxylic acids is 1. The van der Waals surface area contributed by atoms with Gasteiger partial charge in [-0.25, -0.2) is 0 Å². The van der Waals surface area contributed by atoms with Gasteiger partial charge in [0.25, 0.3) is 0 Å². The van der Waals surface area contributed by atoms with Gasteiger partial charge in [-0.1, -0.05) is 146 Å². The Bertz CT molecular complexity index is 635. The molecule has 40 heavy (non-hydrogen) atoms. The maximum Gasteiger partial charge on any atom is 0.305 e. The molecule has 0 saturated heterocycles. The summed E-state index contributed by atoms with van der Waals surface area (Å²) in [6, 6.07) is 0. The molecule has 1 N–H and O–H groups in total. The number of rotatable bonds is 31. The van der Waals surface area contributed by atoms with Crippen LogP contribution in [0.25, 0.3) is 0 Å². The molecule has 0 atom stereocenters. The summed E-state index contributed by atoms with van der Waals surface area (Å²) in [6.45, 7) is 2.83. The molecule has 0 saturated carbocycles. The predicted molar refractivity (Wildman–Crippen MR) is 172 cm³/mol. The van der Waals surface area contributed by atoms with Crippen LogP contribution in [0.15, 0.2) is 36.5 Å². The smallest absolute Gasteiger partial charge is 0.305 e. The minimum atomic E-state index is -0.674. The molecule has 0 aromatic rings. The van der Waals surface area contributed by atoms with Crippen molar-refractivity contribution in [1.29, 1.82) is 0 Å². The Morgan fingerprint density at radius 3 is 1.45 bits per heavy atom. The van der Waals surface area contributed by atoms with E-state index in [1.165, 1.54) is 103 Å². The van der Waals surface area contributed by atoms with Crippen LogP contribution in [0.3, 0.4) is 0 Å². The van der Waals surface area contributed by atoms with Gasteiger partial charge in [-0.3, -0.25) is 9.59 Å². The van der Waals surface area contributed by atoms with E-state index < -0.39 is 5.97 Å². The fourth-order valence-electron chi connectivity index (χ4n) is 4.77. The Balaban J connectivity index is 3.31. The molecular formula is C36H64O4. The lowest BCUT2D eigenvalue weighted by Gasteiger charge is -2.05. The molecule has 0 heterocycles. The molecule has 0 fully saturated rings. The van der Waals surface area contributed by atoms with Crippen molar-refractivity contribution in [2.24, 2.45) is 0 Å². The first-order chi connectivity index (χ1) is 19.7. The fraction of sp³-hybridized carbons (Fsp3) is 0.778. The lowest BCUT2D eigenvalue weighted by Crippen LogP contribution is -2.05. The van der Waals surface area contributed by atoms with Crippen LogP contribution >= 0.6 is 0 Å². The summed E-state index contributed by atoms with van der Waals surface area (Å²) >= 11 is 0. The van der Waals surface area contributed by atoms with Gasteiger partial charge in [0.1, 0.15) is 0 Å². The van der Waals surface area contributed by atoms with Crippen molar-refractivity contribution in [3.63, 3.8) is 0 Å². The number of ether oxygens (including phenoxy) is 1. The first-order valence-corrected chi connectivity index (χ1v) is 17.0. The zero-order valence-corrected chi connectivity index (χ0v) is 26.2. The van der Waals surface area contributed by atoms with Gasteiger partial charge in [0.05, 0.1) is 6.61 Å². The Hall–Kier alpha value is -1.84. The Morgan fingerprint density at radius 2 is 0.925 bits per heavy atom. The zero-order chi connectivity index (χ0) is 29.2. The highest BCUT2D eigenvalue weighted by Crippen LogP contribution is 2.13. The third-order valence-electron chi connectivity index (χ3n) is 7.32. The van der Waals surface area contributed by atoms with Crippen LogP contribution in [0.2, 0.25) is 0 Å². The molecule has 0 aliphatic rings. The van der Waals surface area contributed by atoms with E-state index in [0.717, 1.165) is 51.4 Å². The second-order valence-corrected chi connectivity index (χ2v) is 11.3. The van der Waals surface area contributed by atoms with Gasteiger partial charge in [0.2, 0.25) is 0 Å². The normalized spacial score (nSPS) is 11.8. The van der Waals surface area contributed by atoms with E-state index in [2.05, 4.69) is 43.4 Å². The van der Waals surface area contributed by atoms with Crippen molar-refractivity contribution in [2.45, 2.75) is 174 Å². The summed E-state index contributed by atoms with van der Waals surface area (Å²) in [5, 5.41) is 8.62. The molecule has 4 heteroatoms. The largest absolute Gasteiger partial charge is 0.481 e. The first-order valence-electron chi connectivity index (χ1n) is 17.0. The number of aliphatic carboxylic acids is 1.